The van der Waals surface area contributed by atoms with E-state index in [0.717, 1.165) is 33.8 Å². The molecule has 0 unspecified atom stereocenters. The minimum Gasteiger partial charge on any atom is -0.262 e. The molecular weight excluding hydrogens is 284 g/mol. The standard InChI is InChI=1S/C16H11ClN4/c1-10-18-14-5-3-2-4-13(14)16-20-19-15(21(10)16)11-6-8-12(17)9-7-11/h2-9H,1H3. The molecule has 4 nitrogen and oxygen atoms in total. The van der Waals surface area contributed by atoms with Gasteiger partial charge in [-0.3, -0.25) is 4.40 Å². The summed E-state index contributed by atoms with van der Waals surface area (Å²) in [6.07, 6.45) is 0. The molecule has 0 radical (unpaired) electrons. The first kappa shape index (κ1) is 12.3. The Balaban J connectivity index is 2.08. The maximum Gasteiger partial charge on any atom is 0.171 e. The second-order valence-electron chi connectivity index (χ2n) is 4.87. The summed E-state index contributed by atoms with van der Waals surface area (Å²) in [6, 6.07) is 15.5. The highest BCUT2D eigenvalue weighted by molar-refractivity contribution is 6.30. The summed E-state index contributed by atoms with van der Waals surface area (Å²) in [6.45, 7) is 1.96. The van der Waals surface area contributed by atoms with Gasteiger partial charge < -0.3 is 0 Å². The van der Waals surface area contributed by atoms with Gasteiger partial charge in [-0.1, -0.05) is 23.7 Å². The lowest BCUT2D eigenvalue weighted by Crippen LogP contribution is -1.99. The van der Waals surface area contributed by atoms with E-state index in [2.05, 4.69) is 15.2 Å². The van der Waals surface area contributed by atoms with E-state index in [1.807, 2.05) is 59.9 Å². The Morgan fingerprint density at radius 1 is 0.952 bits per heavy atom. The number of aryl methyl sites for hydroxylation is 1. The zero-order valence-electron chi connectivity index (χ0n) is 11.3. The highest BCUT2D eigenvalue weighted by Crippen LogP contribution is 2.25. The predicted octanol–water partition coefficient (Wildman–Crippen LogP) is 3.91. The van der Waals surface area contributed by atoms with Crippen LogP contribution in [0.25, 0.3) is 27.9 Å². The first-order valence-corrected chi connectivity index (χ1v) is 6.98. The van der Waals surface area contributed by atoms with Crippen LogP contribution < -0.4 is 0 Å². The molecule has 0 spiro atoms. The molecule has 0 aliphatic rings. The summed E-state index contributed by atoms with van der Waals surface area (Å²) in [5.41, 5.74) is 2.72. The van der Waals surface area contributed by atoms with E-state index in [-0.39, 0.29) is 0 Å². The lowest BCUT2D eigenvalue weighted by molar-refractivity contribution is 1.01. The van der Waals surface area contributed by atoms with E-state index in [0.29, 0.717) is 5.02 Å². The van der Waals surface area contributed by atoms with Crippen molar-refractivity contribution in [2.75, 3.05) is 0 Å². The molecule has 0 fully saturated rings. The van der Waals surface area contributed by atoms with Crippen LogP contribution in [0.3, 0.4) is 0 Å². The molecule has 4 aromatic rings. The summed E-state index contributed by atoms with van der Waals surface area (Å²) >= 11 is 5.95. The van der Waals surface area contributed by atoms with Crippen LogP contribution in [0, 0.1) is 6.92 Å². The monoisotopic (exact) mass is 294 g/mol. The molecule has 0 bridgehead atoms. The molecule has 0 saturated heterocycles. The molecule has 4 rings (SSSR count). The van der Waals surface area contributed by atoms with Crippen molar-refractivity contribution < 1.29 is 0 Å². The van der Waals surface area contributed by atoms with Gasteiger partial charge in [0.05, 0.1) is 5.52 Å². The van der Waals surface area contributed by atoms with Crippen LogP contribution in [-0.2, 0) is 0 Å². The van der Waals surface area contributed by atoms with Crippen LogP contribution in [0.1, 0.15) is 5.82 Å². The van der Waals surface area contributed by atoms with Crippen molar-refractivity contribution >= 4 is 28.2 Å². The first-order chi connectivity index (χ1) is 10.2. The van der Waals surface area contributed by atoms with Crippen LogP contribution in [0.4, 0.5) is 0 Å². The lowest BCUT2D eigenvalue weighted by atomic mass is 10.2. The van der Waals surface area contributed by atoms with E-state index >= 15 is 0 Å². The van der Waals surface area contributed by atoms with Gasteiger partial charge in [-0.05, 0) is 43.3 Å². The second-order valence-corrected chi connectivity index (χ2v) is 5.30. The summed E-state index contributed by atoms with van der Waals surface area (Å²) in [5.74, 6) is 1.64. The molecule has 0 aliphatic carbocycles. The van der Waals surface area contributed by atoms with Gasteiger partial charge >= 0.3 is 0 Å². The predicted molar refractivity (Wildman–Crippen MR) is 83.5 cm³/mol. The van der Waals surface area contributed by atoms with Gasteiger partial charge in [-0.2, -0.15) is 0 Å². The normalized spacial score (nSPS) is 11.3. The Morgan fingerprint density at radius 2 is 1.71 bits per heavy atom. The molecule has 5 heteroatoms. The van der Waals surface area contributed by atoms with E-state index in [9.17, 15) is 0 Å². The van der Waals surface area contributed by atoms with Crippen molar-refractivity contribution in [1.29, 1.82) is 0 Å². The van der Waals surface area contributed by atoms with Crippen molar-refractivity contribution in [3.63, 3.8) is 0 Å². The largest absolute Gasteiger partial charge is 0.262 e. The zero-order chi connectivity index (χ0) is 14.4. The van der Waals surface area contributed by atoms with E-state index in [1.54, 1.807) is 0 Å². The summed E-state index contributed by atoms with van der Waals surface area (Å²) < 4.78 is 1.98. The van der Waals surface area contributed by atoms with Gasteiger partial charge in [0, 0.05) is 16.0 Å². The number of benzene rings is 2. The molecule has 102 valence electrons. The van der Waals surface area contributed by atoms with Crippen LogP contribution >= 0.6 is 11.6 Å². The third-order valence-electron chi connectivity index (χ3n) is 3.52. The van der Waals surface area contributed by atoms with Crippen LogP contribution in [0.5, 0.6) is 0 Å². The van der Waals surface area contributed by atoms with Gasteiger partial charge in [0.2, 0.25) is 0 Å². The summed E-state index contributed by atoms with van der Waals surface area (Å²) in [7, 11) is 0. The van der Waals surface area contributed by atoms with Gasteiger partial charge in [-0.15, -0.1) is 10.2 Å². The quantitative estimate of drug-likeness (QED) is 0.534. The topological polar surface area (TPSA) is 43.1 Å². The smallest absolute Gasteiger partial charge is 0.171 e. The van der Waals surface area contributed by atoms with Gasteiger partial charge in [0.25, 0.3) is 0 Å². The number of rotatable bonds is 1. The second kappa shape index (κ2) is 4.53. The maximum atomic E-state index is 5.95. The number of hydrogen-bond donors (Lipinski definition) is 0. The number of halogens is 1. The molecular formula is C16H11ClN4. The zero-order valence-corrected chi connectivity index (χ0v) is 12.0. The Kier molecular flexibility index (Phi) is 2.65. The number of aromatic nitrogens is 4. The number of fused-ring (bicyclic) bond motifs is 3. The third kappa shape index (κ3) is 1.87. The number of para-hydroxylation sites is 1. The van der Waals surface area contributed by atoms with Gasteiger partial charge in [0.15, 0.2) is 11.5 Å². The molecule has 0 aliphatic heterocycles. The fourth-order valence-electron chi connectivity index (χ4n) is 2.54. The molecule has 0 atom stereocenters. The van der Waals surface area contributed by atoms with E-state index in [1.165, 1.54) is 0 Å². The molecule has 0 saturated carbocycles. The molecule has 0 N–H and O–H groups in total. The van der Waals surface area contributed by atoms with Crippen molar-refractivity contribution in [2.45, 2.75) is 6.92 Å². The van der Waals surface area contributed by atoms with Gasteiger partial charge in [0.1, 0.15) is 5.82 Å². The summed E-state index contributed by atoms with van der Waals surface area (Å²) in [4.78, 5) is 4.64. The Labute approximate surface area is 126 Å². The molecule has 2 heterocycles. The fraction of sp³-hybridized carbons (Fsp3) is 0.0625. The maximum absolute atomic E-state index is 5.95. The van der Waals surface area contributed by atoms with Crippen molar-refractivity contribution in [1.82, 2.24) is 19.6 Å². The molecule has 0 amide bonds. The Hall–Kier alpha value is -2.46. The van der Waals surface area contributed by atoms with Gasteiger partial charge in [-0.25, -0.2) is 4.98 Å². The van der Waals surface area contributed by atoms with Crippen LogP contribution in [0.2, 0.25) is 5.02 Å². The van der Waals surface area contributed by atoms with Crippen LogP contribution in [-0.4, -0.2) is 19.6 Å². The SMILES string of the molecule is Cc1nc2ccccc2c2nnc(-c3ccc(Cl)cc3)n12. The van der Waals surface area contributed by atoms with Crippen molar-refractivity contribution in [3.8, 4) is 11.4 Å². The van der Waals surface area contributed by atoms with Crippen LogP contribution in [0.15, 0.2) is 48.5 Å². The van der Waals surface area contributed by atoms with Crippen molar-refractivity contribution in [3.05, 3.63) is 59.4 Å². The molecule has 21 heavy (non-hydrogen) atoms. The first-order valence-electron chi connectivity index (χ1n) is 6.60. The van der Waals surface area contributed by atoms with E-state index < -0.39 is 0 Å². The average Bonchev–Trinajstić information content (AvgIpc) is 2.94. The Morgan fingerprint density at radius 3 is 2.52 bits per heavy atom. The van der Waals surface area contributed by atoms with E-state index in [4.69, 9.17) is 11.6 Å². The number of nitrogens with zero attached hydrogens (tertiary/aromatic N) is 4. The minimum atomic E-state index is 0.702. The fourth-order valence-corrected chi connectivity index (χ4v) is 2.66. The highest BCUT2D eigenvalue weighted by Gasteiger charge is 2.13. The minimum absolute atomic E-state index is 0.702. The Bertz CT molecular complexity index is 957. The molecule has 2 aromatic carbocycles. The number of hydrogen-bond acceptors (Lipinski definition) is 3. The third-order valence-corrected chi connectivity index (χ3v) is 3.77. The lowest BCUT2D eigenvalue weighted by Gasteiger charge is -2.06. The highest BCUT2D eigenvalue weighted by atomic mass is 35.5. The summed E-state index contributed by atoms with van der Waals surface area (Å²) in [5, 5.41) is 10.4. The van der Waals surface area contributed by atoms with Crippen molar-refractivity contribution in [2.24, 2.45) is 0 Å². The molecule has 2 aromatic heterocycles. The average molecular weight is 295 g/mol.